The molecule has 10 nitrogen and oxygen atoms in total. The molecule has 7 rings (SSSR count). The monoisotopic (exact) mass is 599 g/mol. The molecule has 3 aliphatic rings. The number of amides is 1. The summed E-state index contributed by atoms with van der Waals surface area (Å²) in [6.45, 7) is 1.27. The zero-order chi connectivity index (χ0) is 31.5. The van der Waals surface area contributed by atoms with Gasteiger partial charge in [0.15, 0.2) is 11.6 Å². The van der Waals surface area contributed by atoms with E-state index in [4.69, 9.17) is 4.74 Å². The van der Waals surface area contributed by atoms with E-state index in [2.05, 4.69) is 5.32 Å². The van der Waals surface area contributed by atoms with Gasteiger partial charge in [0.05, 0.1) is 16.9 Å². The zero-order valence-electron chi connectivity index (χ0n) is 23.9. The Morgan fingerprint density at radius 1 is 0.889 bits per heavy atom. The lowest BCUT2D eigenvalue weighted by atomic mass is 9.62. The average molecular weight is 600 g/mol. The Balaban J connectivity index is 1.48. The number of para-hydroxylation sites is 1. The fourth-order valence-electron chi connectivity index (χ4n) is 7.14. The minimum atomic E-state index is -1.57. The number of rotatable bonds is 6. The van der Waals surface area contributed by atoms with Gasteiger partial charge >= 0.3 is 5.97 Å². The Hall–Kier alpha value is -5.90. The van der Waals surface area contributed by atoms with Crippen molar-refractivity contribution in [3.63, 3.8) is 0 Å². The van der Waals surface area contributed by atoms with Crippen molar-refractivity contribution in [1.29, 1.82) is 0 Å². The molecule has 1 spiro atoms. The molecule has 3 aliphatic heterocycles. The largest absolute Gasteiger partial charge is 0.427 e. The number of nitrogens with zero attached hydrogens (tertiary/aromatic N) is 2. The smallest absolute Gasteiger partial charge is 0.308 e. The van der Waals surface area contributed by atoms with E-state index < -0.39 is 51.8 Å². The molecule has 4 aromatic carbocycles. The normalized spacial score (nSPS) is 22.3. The lowest BCUT2D eigenvalue weighted by Gasteiger charge is -2.38. The topological polar surface area (TPSA) is 136 Å². The van der Waals surface area contributed by atoms with Crippen LogP contribution in [-0.2, 0) is 15.0 Å². The number of benzene rings is 4. The van der Waals surface area contributed by atoms with E-state index in [0.717, 1.165) is 11.1 Å². The molecule has 0 saturated carbocycles. The Bertz CT molecular complexity index is 1970. The van der Waals surface area contributed by atoms with Gasteiger partial charge in [0, 0.05) is 42.1 Å². The van der Waals surface area contributed by atoms with Gasteiger partial charge in [-0.05, 0) is 53.1 Å². The molecular weight excluding hydrogens is 574 g/mol. The number of hydrogen-bond donors (Lipinski definition) is 1. The number of non-ortho nitro benzene ring substituents is 1. The molecule has 1 amide bonds. The van der Waals surface area contributed by atoms with E-state index in [1.807, 2.05) is 30.3 Å². The number of Topliss-reactive ketones (excluding diaryl/α,β-unsaturated/α-hetero) is 2. The molecule has 4 aromatic rings. The van der Waals surface area contributed by atoms with Crippen LogP contribution in [0.2, 0.25) is 0 Å². The maximum absolute atomic E-state index is 14.9. The van der Waals surface area contributed by atoms with Crippen LogP contribution in [0, 0.1) is 16.0 Å². The Morgan fingerprint density at radius 3 is 2.38 bits per heavy atom. The quantitative estimate of drug-likeness (QED) is 0.101. The molecule has 1 fully saturated rings. The van der Waals surface area contributed by atoms with E-state index in [0.29, 0.717) is 11.3 Å². The van der Waals surface area contributed by atoms with Crippen molar-refractivity contribution < 1.29 is 28.8 Å². The van der Waals surface area contributed by atoms with Gasteiger partial charge in [0.1, 0.15) is 17.2 Å². The van der Waals surface area contributed by atoms with Gasteiger partial charge in [-0.3, -0.25) is 29.3 Å². The van der Waals surface area contributed by atoms with Crippen molar-refractivity contribution in [3.05, 3.63) is 141 Å². The van der Waals surface area contributed by atoms with E-state index >= 15 is 0 Å². The van der Waals surface area contributed by atoms with Crippen molar-refractivity contribution in [1.82, 2.24) is 4.90 Å². The number of anilines is 1. The van der Waals surface area contributed by atoms with Crippen LogP contribution in [0.3, 0.4) is 0 Å². The number of nitro groups is 1. The standard InChI is InChI=1S/C35H25N3O7/c1-20(39)45-25-15-13-22(14-16-25)32(41)30-29(31(40)23-8-6-9-24(19-23)38(43)44)35(27-11-4-5-12-28(27)36-34(35)42)33-26-10-3-2-7-21(26)17-18-37(30)33/h2-19,29-30,33H,1H3,(H,36,42). The first-order valence-electron chi connectivity index (χ1n) is 14.3. The highest BCUT2D eigenvalue weighted by Gasteiger charge is 2.70. The molecule has 1 saturated heterocycles. The second-order valence-electron chi connectivity index (χ2n) is 11.2. The number of carbonyl (C=O) groups is 4. The highest BCUT2D eigenvalue weighted by atomic mass is 16.6. The van der Waals surface area contributed by atoms with Crippen LogP contribution in [0.25, 0.3) is 6.08 Å². The SMILES string of the molecule is CC(=O)Oc1ccc(C(=O)C2C(C(=O)c3cccc([N+](=O)[O-])c3)C3(C(=O)Nc4ccccc43)C3c4ccccc4C=CN23)cc1. The summed E-state index contributed by atoms with van der Waals surface area (Å²) in [5.41, 5.74) is 1.12. The van der Waals surface area contributed by atoms with Crippen molar-refractivity contribution in [2.45, 2.75) is 24.4 Å². The number of fused-ring (bicyclic) bond motifs is 6. The van der Waals surface area contributed by atoms with Crippen molar-refractivity contribution in [3.8, 4) is 5.75 Å². The third-order valence-electron chi connectivity index (χ3n) is 8.86. The predicted octanol–water partition coefficient (Wildman–Crippen LogP) is 5.50. The van der Waals surface area contributed by atoms with Gasteiger partial charge in [0.2, 0.25) is 5.91 Å². The second-order valence-corrected chi connectivity index (χ2v) is 11.2. The molecular formula is C35H25N3O7. The van der Waals surface area contributed by atoms with Crippen LogP contribution >= 0.6 is 0 Å². The summed E-state index contributed by atoms with van der Waals surface area (Å²) < 4.78 is 5.14. The minimum Gasteiger partial charge on any atom is -0.427 e. The second kappa shape index (κ2) is 10.4. The van der Waals surface area contributed by atoms with Crippen LogP contribution in [0.15, 0.2) is 103 Å². The van der Waals surface area contributed by atoms with Gasteiger partial charge in [-0.25, -0.2) is 0 Å². The summed E-state index contributed by atoms with van der Waals surface area (Å²) in [6.07, 6.45) is 3.60. The van der Waals surface area contributed by atoms with Crippen molar-refractivity contribution >= 4 is 40.9 Å². The number of nitro benzene ring substituents is 1. The first-order valence-corrected chi connectivity index (χ1v) is 14.3. The number of ether oxygens (including phenoxy) is 1. The van der Waals surface area contributed by atoms with E-state index in [1.54, 1.807) is 35.4 Å². The van der Waals surface area contributed by atoms with Gasteiger partial charge in [-0.1, -0.05) is 54.6 Å². The average Bonchev–Trinajstić information content (AvgIpc) is 3.52. The van der Waals surface area contributed by atoms with Gasteiger partial charge in [0.25, 0.3) is 5.69 Å². The number of esters is 1. The van der Waals surface area contributed by atoms with Crippen molar-refractivity contribution in [2.24, 2.45) is 5.92 Å². The first-order chi connectivity index (χ1) is 21.7. The molecule has 10 heteroatoms. The van der Waals surface area contributed by atoms with Gasteiger partial charge < -0.3 is 15.0 Å². The van der Waals surface area contributed by atoms with Gasteiger partial charge in [-0.2, -0.15) is 0 Å². The Kier molecular flexibility index (Phi) is 6.43. The third kappa shape index (κ3) is 4.17. The van der Waals surface area contributed by atoms with Crippen LogP contribution < -0.4 is 10.1 Å². The fourth-order valence-corrected chi connectivity index (χ4v) is 7.14. The maximum atomic E-state index is 14.9. The highest BCUT2D eigenvalue weighted by Crippen LogP contribution is 2.62. The van der Waals surface area contributed by atoms with Crippen LogP contribution in [0.4, 0.5) is 11.4 Å². The maximum Gasteiger partial charge on any atom is 0.308 e. The van der Waals surface area contributed by atoms with E-state index in [9.17, 15) is 29.3 Å². The molecule has 3 heterocycles. The third-order valence-corrected chi connectivity index (χ3v) is 8.86. The summed E-state index contributed by atoms with van der Waals surface area (Å²) in [5.74, 6) is -2.99. The summed E-state index contributed by atoms with van der Waals surface area (Å²) >= 11 is 0. The molecule has 45 heavy (non-hydrogen) atoms. The Labute approximate surface area is 257 Å². The number of hydrogen-bond acceptors (Lipinski definition) is 8. The molecule has 4 atom stereocenters. The number of carbonyl (C=O) groups excluding carboxylic acids is 4. The van der Waals surface area contributed by atoms with E-state index in [1.165, 1.54) is 55.5 Å². The number of ketones is 2. The lowest BCUT2D eigenvalue weighted by Crippen LogP contribution is -2.49. The van der Waals surface area contributed by atoms with E-state index in [-0.39, 0.29) is 22.6 Å². The van der Waals surface area contributed by atoms with Gasteiger partial charge in [-0.15, -0.1) is 0 Å². The highest BCUT2D eigenvalue weighted by molar-refractivity contribution is 6.16. The summed E-state index contributed by atoms with van der Waals surface area (Å²) in [4.78, 5) is 68.4. The molecule has 1 N–H and O–H groups in total. The first kappa shape index (κ1) is 27.9. The molecule has 0 bridgehead atoms. The van der Waals surface area contributed by atoms with Crippen molar-refractivity contribution in [2.75, 3.05) is 5.32 Å². The summed E-state index contributed by atoms with van der Waals surface area (Å²) in [6, 6.07) is 24.1. The summed E-state index contributed by atoms with van der Waals surface area (Å²) in [5, 5.41) is 14.7. The van der Waals surface area contributed by atoms with Crippen LogP contribution in [0.1, 0.15) is 50.4 Å². The molecule has 0 radical (unpaired) electrons. The van der Waals surface area contributed by atoms with Crippen LogP contribution in [-0.4, -0.2) is 39.3 Å². The minimum absolute atomic E-state index is 0.0193. The molecule has 4 unspecified atom stereocenters. The molecule has 0 aromatic heterocycles. The predicted molar refractivity (Wildman–Crippen MR) is 164 cm³/mol. The van der Waals surface area contributed by atoms with Crippen LogP contribution in [0.5, 0.6) is 5.75 Å². The summed E-state index contributed by atoms with van der Waals surface area (Å²) in [7, 11) is 0. The Morgan fingerprint density at radius 2 is 1.62 bits per heavy atom. The zero-order valence-corrected chi connectivity index (χ0v) is 23.9. The molecule has 222 valence electrons. The lowest BCUT2D eigenvalue weighted by molar-refractivity contribution is -0.384. The fraction of sp³-hybridized carbons (Fsp3) is 0.143. The molecule has 0 aliphatic carbocycles. The number of nitrogens with one attached hydrogen (secondary N) is 1.